The highest BCUT2D eigenvalue weighted by Gasteiger charge is 2.41. The molecule has 0 fully saturated rings. The quantitative estimate of drug-likeness (QED) is 0.637. The van der Waals surface area contributed by atoms with Crippen LogP contribution in [0.2, 0.25) is 0 Å². The van der Waals surface area contributed by atoms with Crippen LogP contribution in [0.3, 0.4) is 0 Å². The number of ether oxygens (including phenoxy) is 2. The van der Waals surface area contributed by atoms with Crippen LogP contribution in [0.1, 0.15) is 12.5 Å². The molecule has 7 heteroatoms. The summed E-state index contributed by atoms with van der Waals surface area (Å²) in [5, 5.41) is 10.7. The van der Waals surface area contributed by atoms with Crippen LogP contribution in [0.15, 0.2) is 30.5 Å². The van der Waals surface area contributed by atoms with Gasteiger partial charge in [-0.25, -0.2) is 0 Å². The third kappa shape index (κ3) is 2.67. The van der Waals surface area contributed by atoms with E-state index in [-0.39, 0.29) is 11.8 Å². The number of aryl methyl sites for hydroxylation is 1. The SMILES string of the molecule is Cc1ccc(OC[C@@]2(C)Cn3cc([N+](=O)[O-])nc3O2)cc1. The molecule has 0 saturated heterocycles. The lowest BCUT2D eigenvalue weighted by Crippen LogP contribution is -2.38. The lowest BCUT2D eigenvalue weighted by atomic mass is 10.1. The minimum absolute atomic E-state index is 0.202. The number of hydrogen-bond acceptors (Lipinski definition) is 5. The maximum Gasteiger partial charge on any atom is 0.415 e. The van der Waals surface area contributed by atoms with E-state index in [1.54, 1.807) is 4.57 Å². The molecule has 0 unspecified atom stereocenters. The number of imidazole rings is 1. The molecule has 2 aromatic rings. The van der Waals surface area contributed by atoms with Crippen LogP contribution in [0.5, 0.6) is 11.8 Å². The summed E-state index contributed by atoms with van der Waals surface area (Å²) in [5.41, 5.74) is 0.584. The predicted molar refractivity (Wildman–Crippen MR) is 74.6 cm³/mol. The summed E-state index contributed by atoms with van der Waals surface area (Å²) in [5.74, 6) is 0.562. The van der Waals surface area contributed by atoms with Crippen LogP contribution in [-0.4, -0.2) is 26.7 Å². The standard InChI is InChI=1S/C14H15N3O4/c1-10-3-5-11(6-4-10)20-9-14(2)8-16-7-12(17(18)19)15-13(16)21-14/h3-7H,8-9H2,1-2H3/t14-/m1/s1. The van der Waals surface area contributed by atoms with Crippen molar-refractivity contribution >= 4 is 5.82 Å². The van der Waals surface area contributed by atoms with E-state index in [0.717, 1.165) is 11.3 Å². The van der Waals surface area contributed by atoms with Crippen molar-refractivity contribution in [1.82, 2.24) is 9.55 Å². The molecule has 0 aliphatic carbocycles. The summed E-state index contributed by atoms with van der Waals surface area (Å²) in [7, 11) is 0. The summed E-state index contributed by atoms with van der Waals surface area (Å²) in [6.45, 7) is 4.71. The maximum absolute atomic E-state index is 10.7. The van der Waals surface area contributed by atoms with E-state index in [2.05, 4.69) is 4.98 Å². The van der Waals surface area contributed by atoms with Crippen LogP contribution in [0, 0.1) is 17.0 Å². The Labute approximate surface area is 121 Å². The van der Waals surface area contributed by atoms with Gasteiger partial charge in [0.1, 0.15) is 18.6 Å². The van der Waals surface area contributed by atoms with Gasteiger partial charge in [0.2, 0.25) is 0 Å². The van der Waals surface area contributed by atoms with Gasteiger partial charge in [0.25, 0.3) is 0 Å². The highest BCUT2D eigenvalue weighted by Crippen LogP contribution is 2.31. The van der Waals surface area contributed by atoms with E-state index >= 15 is 0 Å². The van der Waals surface area contributed by atoms with Gasteiger partial charge in [-0.1, -0.05) is 17.7 Å². The molecule has 0 N–H and O–H groups in total. The maximum atomic E-state index is 10.7. The molecule has 1 aromatic heterocycles. The first-order valence-electron chi connectivity index (χ1n) is 6.55. The van der Waals surface area contributed by atoms with E-state index in [1.165, 1.54) is 6.20 Å². The summed E-state index contributed by atoms with van der Waals surface area (Å²) in [6.07, 6.45) is 1.38. The predicted octanol–water partition coefficient (Wildman–Crippen LogP) is 2.33. The van der Waals surface area contributed by atoms with Gasteiger partial charge in [-0.2, -0.15) is 0 Å². The lowest BCUT2D eigenvalue weighted by Gasteiger charge is -2.22. The minimum Gasteiger partial charge on any atom is -0.489 e. The van der Waals surface area contributed by atoms with Crippen molar-refractivity contribution in [2.75, 3.05) is 6.61 Å². The Morgan fingerprint density at radius 2 is 2.19 bits per heavy atom. The van der Waals surface area contributed by atoms with Crippen molar-refractivity contribution in [3.63, 3.8) is 0 Å². The van der Waals surface area contributed by atoms with Crippen molar-refractivity contribution in [3.05, 3.63) is 46.1 Å². The Hall–Kier alpha value is -2.57. The molecular weight excluding hydrogens is 274 g/mol. The molecule has 1 atom stereocenters. The van der Waals surface area contributed by atoms with Crippen molar-refractivity contribution < 1.29 is 14.4 Å². The molecule has 0 saturated carbocycles. The number of nitro groups is 1. The Morgan fingerprint density at radius 1 is 1.48 bits per heavy atom. The highest BCUT2D eigenvalue weighted by atomic mass is 16.6. The molecule has 3 rings (SSSR count). The van der Waals surface area contributed by atoms with Gasteiger partial charge in [-0.05, 0) is 30.9 Å². The topological polar surface area (TPSA) is 79.4 Å². The van der Waals surface area contributed by atoms with Gasteiger partial charge in [0, 0.05) is 4.98 Å². The lowest BCUT2D eigenvalue weighted by molar-refractivity contribution is -0.389. The van der Waals surface area contributed by atoms with Gasteiger partial charge < -0.3 is 19.6 Å². The normalized spacial score (nSPS) is 19.9. The van der Waals surface area contributed by atoms with Crippen molar-refractivity contribution in [2.24, 2.45) is 0 Å². The van der Waals surface area contributed by atoms with Crippen LogP contribution in [0.4, 0.5) is 5.82 Å². The largest absolute Gasteiger partial charge is 0.489 e. The fraction of sp³-hybridized carbons (Fsp3) is 0.357. The van der Waals surface area contributed by atoms with Gasteiger partial charge in [-0.3, -0.25) is 4.57 Å². The van der Waals surface area contributed by atoms with Crippen molar-refractivity contribution in [3.8, 4) is 11.8 Å². The second-order valence-corrected chi connectivity index (χ2v) is 5.42. The van der Waals surface area contributed by atoms with Crippen LogP contribution < -0.4 is 9.47 Å². The summed E-state index contributed by atoms with van der Waals surface area (Å²) in [4.78, 5) is 14.0. The second kappa shape index (κ2) is 4.76. The monoisotopic (exact) mass is 289 g/mol. The number of benzene rings is 1. The molecule has 1 aromatic carbocycles. The Kier molecular flexibility index (Phi) is 3.04. The molecule has 1 aliphatic heterocycles. The van der Waals surface area contributed by atoms with Gasteiger partial charge >= 0.3 is 11.8 Å². The first kappa shape index (κ1) is 13.4. The smallest absolute Gasteiger partial charge is 0.415 e. The van der Waals surface area contributed by atoms with Gasteiger partial charge in [0.15, 0.2) is 5.60 Å². The Balaban J connectivity index is 1.65. The summed E-state index contributed by atoms with van der Waals surface area (Å²) >= 11 is 0. The third-order valence-electron chi connectivity index (χ3n) is 3.32. The fourth-order valence-corrected chi connectivity index (χ4v) is 2.23. The van der Waals surface area contributed by atoms with Crippen LogP contribution >= 0.6 is 0 Å². The molecule has 7 nitrogen and oxygen atoms in total. The molecule has 1 aliphatic rings. The number of rotatable bonds is 4. The Morgan fingerprint density at radius 3 is 2.81 bits per heavy atom. The zero-order valence-corrected chi connectivity index (χ0v) is 11.8. The van der Waals surface area contributed by atoms with Crippen LogP contribution in [0.25, 0.3) is 0 Å². The van der Waals surface area contributed by atoms with Crippen molar-refractivity contribution in [2.45, 2.75) is 26.0 Å². The Bertz CT molecular complexity index is 655. The van der Waals surface area contributed by atoms with E-state index < -0.39 is 10.5 Å². The van der Waals surface area contributed by atoms with E-state index in [9.17, 15) is 10.1 Å². The molecule has 0 amide bonds. The average Bonchev–Trinajstić information content (AvgIpc) is 2.93. The van der Waals surface area contributed by atoms with Crippen LogP contribution in [-0.2, 0) is 6.54 Å². The number of hydrogen-bond donors (Lipinski definition) is 0. The molecule has 0 spiro atoms. The minimum atomic E-state index is -0.581. The number of nitrogens with zero attached hydrogens (tertiary/aromatic N) is 3. The van der Waals surface area contributed by atoms with E-state index in [1.807, 2.05) is 38.1 Å². The summed E-state index contributed by atoms with van der Waals surface area (Å²) in [6, 6.07) is 8.01. The summed E-state index contributed by atoms with van der Waals surface area (Å²) < 4.78 is 13.1. The average molecular weight is 289 g/mol. The first-order valence-corrected chi connectivity index (χ1v) is 6.55. The van der Waals surface area contributed by atoms with Gasteiger partial charge in [-0.15, -0.1) is 0 Å². The molecule has 110 valence electrons. The molecular formula is C14H15N3O4. The first-order chi connectivity index (χ1) is 9.95. The zero-order valence-electron chi connectivity index (χ0n) is 11.8. The second-order valence-electron chi connectivity index (χ2n) is 5.42. The molecule has 0 bridgehead atoms. The molecule has 0 radical (unpaired) electrons. The number of fused-ring (bicyclic) bond motifs is 1. The molecule has 21 heavy (non-hydrogen) atoms. The van der Waals surface area contributed by atoms with E-state index in [4.69, 9.17) is 9.47 Å². The number of aromatic nitrogens is 2. The molecule has 2 heterocycles. The third-order valence-corrected chi connectivity index (χ3v) is 3.32. The fourth-order valence-electron chi connectivity index (χ4n) is 2.23. The zero-order chi connectivity index (χ0) is 15.0. The highest BCUT2D eigenvalue weighted by molar-refractivity contribution is 5.27. The van der Waals surface area contributed by atoms with Gasteiger partial charge in [0.05, 0.1) is 6.54 Å². The van der Waals surface area contributed by atoms with E-state index in [0.29, 0.717) is 13.2 Å². The van der Waals surface area contributed by atoms with Crippen molar-refractivity contribution in [1.29, 1.82) is 0 Å².